The zero-order valence-corrected chi connectivity index (χ0v) is 9.51. The van der Waals surface area contributed by atoms with Crippen molar-refractivity contribution in [2.75, 3.05) is 7.05 Å². The summed E-state index contributed by atoms with van der Waals surface area (Å²) in [7, 11) is 1.41. The molecular formula is C9H20N2O3. The molecule has 0 aromatic heterocycles. The number of hydrogen-bond donors (Lipinski definition) is 2. The zero-order chi connectivity index (χ0) is 12.0. The van der Waals surface area contributed by atoms with E-state index in [1.807, 2.05) is 33.0 Å². The van der Waals surface area contributed by atoms with E-state index in [-0.39, 0.29) is 12.8 Å². The molecule has 0 aliphatic heterocycles. The minimum atomic E-state index is -0.602. The van der Waals surface area contributed by atoms with Gasteiger partial charge in [0.25, 0.3) is 0 Å². The normalized spacial score (nSPS) is 6.64. The lowest BCUT2D eigenvalue weighted by atomic mass is 10.4. The molecule has 0 aliphatic carbocycles. The average Bonchev–Trinajstić information content (AvgIpc) is 2.24. The molecule has 5 heteroatoms. The van der Waals surface area contributed by atoms with Gasteiger partial charge >= 0.3 is 0 Å². The third kappa shape index (κ3) is 16.9. The SMILES string of the molecule is CC.CC.CNC(=O)CC(=O)NC=O. The Morgan fingerprint density at radius 2 is 1.50 bits per heavy atom. The summed E-state index contributed by atoms with van der Waals surface area (Å²) in [5, 5.41) is 4.07. The summed E-state index contributed by atoms with van der Waals surface area (Å²) in [6.07, 6.45) is -0.0689. The standard InChI is InChI=1S/C5H8N2O3.2C2H6/c1-6-4(9)2-5(10)7-3-8;2*1-2/h3H,2H2,1H3,(H,6,9)(H,7,8,10);2*1-2H3. The quantitative estimate of drug-likeness (QED) is 0.517. The van der Waals surface area contributed by atoms with Gasteiger partial charge in [0, 0.05) is 7.05 Å². The molecule has 0 fully saturated rings. The van der Waals surface area contributed by atoms with Crippen molar-refractivity contribution in [3.63, 3.8) is 0 Å². The van der Waals surface area contributed by atoms with Crippen molar-refractivity contribution in [3.8, 4) is 0 Å². The highest BCUT2D eigenvalue weighted by Gasteiger charge is 2.04. The largest absolute Gasteiger partial charge is 0.359 e. The Balaban J connectivity index is -0.000000266. The number of amides is 3. The molecule has 0 unspecified atom stereocenters. The van der Waals surface area contributed by atoms with Crippen LogP contribution in [0.15, 0.2) is 0 Å². The number of imide groups is 1. The monoisotopic (exact) mass is 204 g/mol. The molecule has 2 N–H and O–H groups in total. The Hall–Kier alpha value is -1.39. The first kappa shape index (κ1) is 18.4. The van der Waals surface area contributed by atoms with Crippen LogP contribution in [-0.4, -0.2) is 25.3 Å². The van der Waals surface area contributed by atoms with Gasteiger partial charge in [0.1, 0.15) is 6.42 Å². The van der Waals surface area contributed by atoms with E-state index >= 15 is 0 Å². The molecule has 0 spiro atoms. The molecule has 0 saturated carbocycles. The van der Waals surface area contributed by atoms with Gasteiger partial charge < -0.3 is 5.32 Å². The Kier molecular flexibility index (Phi) is 23.2. The molecule has 0 heterocycles. The van der Waals surface area contributed by atoms with Crippen molar-refractivity contribution < 1.29 is 14.4 Å². The summed E-state index contributed by atoms with van der Waals surface area (Å²) in [6, 6.07) is 0. The number of hydrogen-bond acceptors (Lipinski definition) is 3. The minimum absolute atomic E-state index is 0.241. The summed E-state index contributed by atoms with van der Waals surface area (Å²) in [5.74, 6) is -1.02. The molecule has 0 radical (unpaired) electrons. The maximum absolute atomic E-state index is 10.4. The predicted molar refractivity (Wildman–Crippen MR) is 55.6 cm³/mol. The topological polar surface area (TPSA) is 75.3 Å². The number of carbonyl (C=O) groups is 3. The van der Waals surface area contributed by atoms with Crippen LogP contribution in [0, 0.1) is 0 Å². The van der Waals surface area contributed by atoms with E-state index in [4.69, 9.17) is 0 Å². The molecule has 0 aromatic rings. The summed E-state index contributed by atoms with van der Waals surface area (Å²) in [5.41, 5.74) is 0. The zero-order valence-electron chi connectivity index (χ0n) is 9.51. The molecule has 0 aromatic carbocycles. The molecular weight excluding hydrogens is 184 g/mol. The van der Waals surface area contributed by atoms with Crippen molar-refractivity contribution in [1.29, 1.82) is 0 Å². The Morgan fingerprint density at radius 3 is 1.79 bits per heavy atom. The van der Waals surface area contributed by atoms with Crippen LogP contribution in [-0.2, 0) is 14.4 Å². The molecule has 0 bridgehead atoms. The number of carbonyl (C=O) groups excluding carboxylic acids is 3. The van der Waals surface area contributed by atoms with Crippen LogP contribution in [0.25, 0.3) is 0 Å². The van der Waals surface area contributed by atoms with Gasteiger partial charge in [0.05, 0.1) is 0 Å². The summed E-state index contributed by atoms with van der Waals surface area (Å²) in [6.45, 7) is 8.00. The van der Waals surface area contributed by atoms with Gasteiger partial charge in [0.15, 0.2) is 0 Å². The maximum Gasteiger partial charge on any atom is 0.235 e. The molecule has 84 valence electrons. The van der Waals surface area contributed by atoms with Gasteiger partial charge in [-0.15, -0.1) is 0 Å². The maximum atomic E-state index is 10.4. The molecule has 0 saturated heterocycles. The van der Waals surface area contributed by atoms with E-state index in [0.29, 0.717) is 0 Å². The lowest BCUT2D eigenvalue weighted by Crippen LogP contribution is -2.29. The second-order valence-corrected chi connectivity index (χ2v) is 1.54. The summed E-state index contributed by atoms with van der Waals surface area (Å²) < 4.78 is 0. The summed E-state index contributed by atoms with van der Waals surface area (Å²) >= 11 is 0. The lowest BCUT2D eigenvalue weighted by molar-refractivity contribution is -0.130. The first-order chi connectivity index (χ1) is 6.70. The first-order valence-corrected chi connectivity index (χ1v) is 4.64. The fraction of sp³-hybridized carbons (Fsp3) is 0.667. The third-order valence-corrected chi connectivity index (χ3v) is 0.820. The van der Waals surface area contributed by atoms with Crippen LogP contribution < -0.4 is 10.6 Å². The second kappa shape index (κ2) is 17.6. The average molecular weight is 204 g/mol. The molecule has 0 aliphatic rings. The predicted octanol–water partition coefficient (Wildman–Crippen LogP) is 0.447. The Bertz CT molecular complexity index is 158. The smallest absolute Gasteiger partial charge is 0.235 e. The van der Waals surface area contributed by atoms with Crippen LogP contribution in [0.1, 0.15) is 34.1 Å². The van der Waals surface area contributed by atoms with E-state index in [0.717, 1.165) is 0 Å². The van der Waals surface area contributed by atoms with E-state index in [2.05, 4.69) is 5.32 Å². The van der Waals surface area contributed by atoms with Crippen LogP contribution >= 0.6 is 0 Å². The number of nitrogens with one attached hydrogen (secondary N) is 2. The van der Waals surface area contributed by atoms with Crippen molar-refractivity contribution in [1.82, 2.24) is 10.6 Å². The third-order valence-electron chi connectivity index (χ3n) is 0.820. The molecule has 5 nitrogen and oxygen atoms in total. The van der Waals surface area contributed by atoms with E-state index < -0.39 is 11.8 Å². The van der Waals surface area contributed by atoms with Gasteiger partial charge in [-0.25, -0.2) is 0 Å². The van der Waals surface area contributed by atoms with Gasteiger partial charge in [-0.3, -0.25) is 19.7 Å². The van der Waals surface area contributed by atoms with Gasteiger partial charge in [-0.1, -0.05) is 27.7 Å². The Morgan fingerprint density at radius 1 is 1.07 bits per heavy atom. The number of rotatable bonds is 3. The second-order valence-electron chi connectivity index (χ2n) is 1.54. The van der Waals surface area contributed by atoms with Crippen molar-refractivity contribution in [3.05, 3.63) is 0 Å². The lowest BCUT2D eigenvalue weighted by Gasteiger charge is -1.95. The van der Waals surface area contributed by atoms with Crippen LogP contribution in [0.4, 0.5) is 0 Å². The highest BCUT2D eigenvalue weighted by Crippen LogP contribution is 1.75. The molecule has 14 heavy (non-hydrogen) atoms. The van der Waals surface area contributed by atoms with E-state index in [1.165, 1.54) is 7.05 Å². The highest BCUT2D eigenvalue weighted by atomic mass is 16.2. The van der Waals surface area contributed by atoms with Crippen LogP contribution in [0.5, 0.6) is 0 Å². The van der Waals surface area contributed by atoms with Crippen molar-refractivity contribution in [2.24, 2.45) is 0 Å². The molecule has 0 atom stereocenters. The van der Waals surface area contributed by atoms with Gasteiger partial charge in [-0.2, -0.15) is 0 Å². The van der Waals surface area contributed by atoms with E-state index in [1.54, 1.807) is 0 Å². The minimum Gasteiger partial charge on any atom is -0.359 e. The van der Waals surface area contributed by atoms with Gasteiger partial charge in [0.2, 0.25) is 18.2 Å². The van der Waals surface area contributed by atoms with Crippen molar-refractivity contribution in [2.45, 2.75) is 34.1 Å². The van der Waals surface area contributed by atoms with Crippen LogP contribution in [0.3, 0.4) is 0 Å². The first-order valence-electron chi connectivity index (χ1n) is 4.64. The fourth-order valence-electron chi connectivity index (χ4n) is 0.351. The van der Waals surface area contributed by atoms with E-state index in [9.17, 15) is 14.4 Å². The molecule has 0 rings (SSSR count). The van der Waals surface area contributed by atoms with Crippen molar-refractivity contribution >= 4 is 18.2 Å². The molecule has 3 amide bonds. The van der Waals surface area contributed by atoms with Crippen LogP contribution in [0.2, 0.25) is 0 Å². The fourth-order valence-corrected chi connectivity index (χ4v) is 0.351. The Labute approximate surface area is 85.3 Å². The summed E-state index contributed by atoms with van der Waals surface area (Å²) in [4.78, 5) is 30.4. The van der Waals surface area contributed by atoms with Gasteiger partial charge in [-0.05, 0) is 0 Å². The highest BCUT2D eigenvalue weighted by molar-refractivity contribution is 6.00.